The van der Waals surface area contributed by atoms with Gasteiger partial charge in [-0.25, -0.2) is 4.99 Å². The standard InChI is InChI=1S/C21H29N3O4.HI/c1-25-17-9-7-15(12-19(17)27-3)6-5-11-23-21(22)24-14-16-8-10-18(26-2)20(13-16)28-4;/h7-10,12-13H,5-6,11,14H2,1-4H3,(H3,22,23,24);1H. The van der Waals surface area contributed by atoms with Crippen LogP contribution in [0.25, 0.3) is 0 Å². The number of hydrogen-bond donors (Lipinski definition) is 2. The van der Waals surface area contributed by atoms with Gasteiger partial charge in [-0.15, -0.1) is 24.0 Å². The lowest BCUT2D eigenvalue weighted by Gasteiger charge is -2.10. The second-order valence-corrected chi connectivity index (χ2v) is 6.11. The summed E-state index contributed by atoms with van der Waals surface area (Å²) in [4.78, 5) is 4.37. The van der Waals surface area contributed by atoms with Crippen molar-refractivity contribution >= 4 is 29.9 Å². The summed E-state index contributed by atoms with van der Waals surface area (Å²) in [7, 11) is 6.49. The number of guanidine groups is 1. The zero-order valence-electron chi connectivity index (χ0n) is 17.4. The summed E-state index contributed by atoms with van der Waals surface area (Å²) < 4.78 is 21.1. The number of methoxy groups -OCH3 is 4. The number of benzene rings is 2. The van der Waals surface area contributed by atoms with Crippen molar-refractivity contribution in [2.24, 2.45) is 10.7 Å². The summed E-state index contributed by atoms with van der Waals surface area (Å²) in [6.07, 6.45) is 1.82. The van der Waals surface area contributed by atoms with Crippen molar-refractivity contribution in [2.45, 2.75) is 19.4 Å². The van der Waals surface area contributed by atoms with Crippen LogP contribution in [0.5, 0.6) is 23.0 Å². The Morgan fingerprint density at radius 1 is 0.828 bits per heavy atom. The third-order valence-electron chi connectivity index (χ3n) is 4.28. The van der Waals surface area contributed by atoms with Gasteiger partial charge < -0.3 is 30.0 Å². The van der Waals surface area contributed by atoms with Crippen molar-refractivity contribution in [3.05, 3.63) is 47.5 Å². The Morgan fingerprint density at radius 3 is 1.90 bits per heavy atom. The van der Waals surface area contributed by atoms with E-state index in [-0.39, 0.29) is 24.0 Å². The molecule has 0 fully saturated rings. The van der Waals surface area contributed by atoms with Crippen molar-refractivity contribution in [3.63, 3.8) is 0 Å². The third-order valence-corrected chi connectivity index (χ3v) is 4.28. The van der Waals surface area contributed by atoms with Gasteiger partial charge in [0.05, 0.1) is 35.0 Å². The lowest BCUT2D eigenvalue weighted by Crippen LogP contribution is -2.32. The molecule has 3 N–H and O–H groups in total. The molecule has 0 bridgehead atoms. The third kappa shape index (κ3) is 7.52. The maximum Gasteiger partial charge on any atom is 0.188 e. The molecule has 0 unspecified atom stereocenters. The largest absolute Gasteiger partial charge is 0.493 e. The normalized spacial score (nSPS) is 10.7. The van der Waals surface area contributed by atoms with Crippen molar-refractivity contribution in [2.75, 3.05) is 35.0 Å². The van der Waals surface area contributed by atoms with E-state index in [1.807, 2.05) is 36.4 Å². The van der Waals surface area contributed by atoms with Gasteiger partial charge in [0.2, 0.25) is 0 Å². The summed E-state index contributed by atoms with van der Waals surface area (Å²) in [6, 6.07) is 11.6. The average molecular weight is 515 g/mol. The van der Waals surface area contributed by atoms with Crippen LogP contribution in [0, 0.1) is 0 Å². The summed E-state index contributed by atoms with van der Waals surface area (Å²) in [6.45, 7) is 1.20. The van der Waals surface area contributed by atoms with Crippen molar-refractivity contribution in [3.8, 4) is 23.0 Å². The number of halogens is 1. The highest BCUT2D eigenvalue weighted by molar-refractivity contribution is 14.0. The van der Waals surface area contributed by atoms with E-state index < -0.39 is 0 Å². The van der Waals surface area contributed by atoms with Gasteiger partial charge in [0.1, 0.15) is 0 Å². The van der Waals surface area contributed by atoms with E-state index in [0.29, 0.717) is 24.0 Å². The van der Waals surface area contributed by atoms with E-state index >= 15 is 0 Å². The first-order chi connectivity index (χ1) is 13.6. The number of aryl methyl sites for hydroxylation is 1. The quantitative estimate of drug-likeness (QED) is 0.219. The van der Waals surface area contributed by atoms with E-state index in [9.17, 15) is 0 Å². The molecule has 8 heteroatoms. The van der Waals surface area contributed by atoms with E-state index in [4.69, 9.17) is 24.7 Å². The highest BCUT2D eigenvalue weighted by Gasteiger charge is 2.05. The lowest BCUT2D eigenvalue weighted by molar-refractivity contribution is 0.354. The van der Waals surface area contributed by atoms with Crippen LogP contribution in [-0.4, -0.2) is 40.9 Å². The molecule has 0 spiro atoms. The van der Waals surface area contributed by atoms with Crippen molar-refractivity contribution < 1.29 is 18.9 Å². The second kappa shape index (κ2) is 13.0. The molecule has 160 valence electrons. The van der Waals surface area contributed by atoms with Crippen LogP contribution < -0.4 is 30.0 Å². The Kier molecular flexibility index (Phi) is 11.0. The highest BCUT2D eigenvalue weighted by Crippen LogP contribution is 2.28. The Hall–Kier alpha value is -2.36. The van der Waals surface area contributed by atoms with Gasteiger partial charge in [0.25, 0.3) is 0 Å². The van der Waals surface area contributed by atoms with Crippen molar-refractivity contribution in [1.29, 1.82) is 0 Å². The number of nitrogens with zero attached hydrogens (tertiary/aromatic N) is 1. The second-order valence-electron chi connectivity index (χ2n) is 6.11. The predicted octanol–water partition coefficient (Wildman–Crippen LogP) is 3.38. The fraction of sp³-hybridized carbons (Fsp3) is 0.381. The van der Waals surface area contributed by atoms with Crippen molar-refractivity contribution in [1.82, 2.24) is 5.32 Å². The number of hydrogen-bond acceptors (Lipinski definition) is 5. The molecular formula is C21H30IN3O4. The predicted molar refractivity (Wildman–Crippen MR) is 126 cm³/mol. The fourth-order valence-corrected chi connectivity index (χ4v) is 2.76. The van der Waals surface area contributed by atoms with Gasteiger partial charge in [-0.05, 0) is 48.2 Å². The van der Waals surface area contributed by atoms with Crippen LogP contribution >= 0.6 is 24.0 Å². The van der Waals surface area contributed by atoms with E-state index in [1.54, 1.807) is 28.4 Å². The molecule has 0 aliphatic carbocycles. The maximum absolute atomic E-state index is 5.96. The minimum atomic E-state index is 0. The molecule has 0 atom stereocenters. The molecule has 0 heterocycles. The van der Waals surface area contributed by atoms with Crippen LogP contribution in [0.2, 0.25) is 0 Å². The lowest BCUT2D eigenvalue weighted by atomic mass is 10.1. The molecule has 2 aromatic rings. The van der Waals surface area contributed by atoms with Crippen LogP contribution in [-0.2, 0) is 13.0 Å². The van der Waals surface area contributed by atoms with Gasteiger partial charge in [-0.1, -0.05) is 12.1 Å². The average Bonchev–Trinajstić information content (AvgIpc) is 2.74. The van der Waals surface area contributed by atoms with E-state index in [0.717, 1.165) is 36.4 Å². The smallest absolute Gasteiger partial charge is 0.188 e. The number of nitrogens with two attached hydrogens (primary N) is 1. The number of rotatable bonds is 10. The minimum Gasteiger partial charge on any atom is -0.493 e. The molecule has 29 heavy (non-hydrogen) atoms. The minimum absolute atomic E-state index is 0. The fourth-order valence-electron chi connectivity index (χ4n) is 2.76. The maximum atomic E-state index is 5.96. The molecule has 0 amide bonds. The summed E-state index contributed by atoms with van der Waals surface area (Å²) >= 11 is 0. The van der Waals surface area contributed by atoms with Gasteiger partial charge in [0.15, 0.2) is 29.0 Å². The molecule has 0 aliphatic heterocycles. The van der Waals surface area contributed by atoms with Crippen LogP contribution in [0.4, 0.5) is 0 Å². The number of aliphatic imine (C=N–C) groups is 1. The number of nitrogens with one attached hydrogen (secondary N) is 1. The topological polar surface area (TPSA) is 87.3 Å². The SMILES string of the molecule is COc1ccc(CCCNC(N)=NCc2ccc(OC)c(OC)c2)cc1OC.I. The Bertz CT molecular complexity index is 799. The van der Waals surface area contributed by atoms with Gasteiger partial charge in [-0.3, -0.25) is 0 Å². The zero-order chi connectivity index (χ0) is 20.4. The molecule has 7 nitrogen and oxygen atoms in total. The van der Waals surface area contributed by atoms with Gasteiger partial charge in [-0.2, -0.15) is 0 Å². The van der Waals surface area contributed by atoms with Crippen LogP contribution in [0.3, 0.4) is 0 Å². The van der Waals surface area contributed by atoms with Gasteiger partial charge >= 0.3 is 0 Å². The first-order valence-electron chi connectivity index (χ1n) is 9.06. The molecule has 2 rings (SSSR count). The van der Waals surface area contributed by atoms with Crippen LogP contribution in [0.1, 0.15) is 17.5 Å². The Balaban J connectivity index is 0.00000420. The summed E-state index contributed by atoms with van der Waals surface area (Å²) in [5.74, 6) is 3.26. The molecule has 0 aliphatic rings. The van der Waals surface area contributed by atoms with Gasteiger partial charge in [0, 0.05) is 6.54 Å². The first-order valence-corrected chi connectivity index (χ1v) is 9.06. The molecule has 0 saturated heterocycles. The molecule has 0 aromatic heterocycles. The Morgan fingerprint density at radius 2 is 1.34 bits per heavy atom. The first kappa shape index (κ1) is 24.7. The molecular weight excluding hydrogens is 485 g/mol. The highest BCUT2D eigenvalue weighted by atomic mass is 127. The molecule has 0 radical (unpaired) electrons. The summed E-state index contributed by atoms with van der Waals surface area (Å²) in [5, 5.41) is 3.14. The number of ether oxygens (including phenoxy) is 4. The zero-order valence-corrected chi connectivity index (χ0v) is 19.7. The molecule has 2 aromatic carbocycles. The Labute approximate surface area is 189 Å². The van der Waals surface area contributed by atoms with E-state index in [2.05, 4.69) is 10.3 Å². The monoisotopic (exact) mass is 515 g/mol. The van der Waals surface area contributed by atoms with Crippen LogP contribution in [0.15, 0.2) is 41.4 Å². The summed E-state index contributed by atoms with van der Waals surface area (Å²) in [5.41, 5.74) is 8.13. The van der Waals surface area contributed by atoms with E-state index in [1.165, 1.54) is 5.56 Å². The molecule has 0 saturated carbocycles.